The minimum atomic E-state index is -0.798. The first kappa shape index (κ1) is 32.2. The summed E-state index contributed by atoms with van der Waals surface area (Å²) in [4.78, 5) is 29.1. The number of piperidine rings is 1. The maximum absolute atomic E-state index is 14.2. The number of likely N-dealkylation sites (tertiary alicyclic amines) is 1. The Kier molecular flexibility index (Phi) is 10.6. The van der Waals surface area contributed by atoms with E-state index in [0.29, 0.717) is 30.3 Å². The summed E-state index contributed by atoms with van der Waals surface area (Å²) < 4.78 is 35.3. The lowest BCUT2D eigenvalue weighted by atomic mass is 9.89. The highest BCUT2D eigenvalue weighted by atomic mass is 19.2. The van der Waals surface area contributed by atoms with E-state index in [0.717, 1.165) is 68.5 Å². The van der Waals surface area contributed by atoms with E-state index in [1.54, 1.807) is 32.4 Å². The number of hydrogen-bond acceptors (Lipinski definition) is 6. The summed E-state index contributed by atoms with van der Waals surface area (Å²) in [6, 6.07) is 8.30. The number of nitrogens with zero attached hydrogens (tertiary/aromatic N) is 5. The van der Waals surface area contributed by atoms with Crippen LogP contribution in [0.4, 0.5) is 14.6 Å². The minimum absolute atomic E-state index is 0.0221. The van der Waals surface area contributed by atoms with Crippen LogP contribution in [0, 0.1) is 11.6 Å². The van der Waals surface area contributed by atoms with Crippen LogP contribution in [0.2, 0.25) is 0 Å². The van der Waals surface area contributed by atoms with E-state index in [2.05, 4.69) is 20.5 Å². The zero-order valence-electron chi connectivity index (χ0n) is 25.7. The van der Waals surface area contributed by atoms with Gasteiger partial charge in [-0.05, 0) is 68.7 Å². The Morgan fingerprint density at radius 3 is 2.44 bits per heavy atom. The highest BCUT2D eigenvalue weighted by molar-refractivity contribution is 5.90. The molecule has 43 heavy (non-hydrogen) atoms. The minimum Gasteiger partial charge on any atom is -0.371 e. The van der Waals surface area contributed by atoms with Crippen molar-refractivity contribution in [2.24, 2.45) is 0 Å². The number of anilines is 1. The summed E-state index contributed by atoms with van der Waals surface area (Å²) in [7, 11) is 1.63. The summed E-state index contributed by atoms with van der Waals surface area (Å²) in [5, 5.41) is 11.4. The van der Waals surface area contributed by atoms with Gasteiger partial charge in [-0.1, -0.05) is 25.1 Å². The molecular weight excluding hydrogens is 554 g/mol. The molecule has 1 fully saturated rings. The number of halogens is 2. The fourth-order valence-electron chi connectivity index (χ4n) is 5.73. The molecule has 232 valence electrons. The Hall–Kier alpha value is -3.73. The van der Waals surface area contributed by atoms with Gasteiger partial charge in [0.05, 0.1) is 0 Å². The molecule has 0 saturated carbocycles. The first-order valence-electron chi connectivity index (χ1n) is 15.0. The van der Waals surface area contributed by atoms with Crippen LogP contribution in [0.25, 0.3) is 0 Å². The Morgan fingerprint density at radius 1 is 1.05 bits per heavy atom. The third-order valence-electron chi connectivity index (χ3n) is 8.45. The number of hydrogen-bond donors (Lipinski definition) is 1. The number of fused-ring (bicyclic) bond motifs is 1. The van der Waals surface area contributed by atoms with Crippen molar-refractivity contribution in [3.05, 3.63) is 70.9 Å². The van der Waals surface area contributed by atoms with Crippen LogP contribution in [0.5, 0.6) is 0 Å². The predicted molar refractivity (Wildman–Crippen MR) is 159 cm³/mol. The predicted octanol–water partition coefficient (Wildman–Crippen LogP) is 5.71. The smallest absolute Gasteiger partial charge is 0.225 e. The summed E-state index contributed by atoms with van der Waals surface area (Å²) >= 11 is 0. The van der Waals surface area contributed by atoms with E-state index in [4.69, 9.17) is 4.74 Å². The topological polar surface area (TPSA) is 102 Å². The third kappa shape index (κ3) is 7.62. The number of rotatable bonds is 6. The van der Waals surface area contributed by atoms with Crippen LogP contribution in [0.15, 0.2) is 36.5 Å². The molecule has 11 heteroatoms. The summed E-state index contributed by atoms with van der Waals surface area (Å²) in [5.41, 5.74) is 0.922. The molecule has 1 saturated heterocycles. The second-order valence-corrected chi connectivity index (χ2v) is 11.6. The third-order valence-corrected chi connectivity index (χ3v) is 8.45. The fourth-order valence-corrected chi connectivity index (χ4v) is 5.73. The van der Waals surface area contributed by atoms with Crippen molar-refractivity contribution in [2.75, 3.05) is 25.5 Å². The van der Waals surface area contributed by atoms with Crippen molar-refractivity contribution >= 4 is 17.6 Å². The van der Waals surface area contributed by atoms with Crippen LogP contribution >= 0.6 is 0 Å². The van der Waals surface area contributed by atoms with Crippen molar-refractivity contribution < 1.29 is 23.1 Å². The van der Waals surface area contributed by atoms with Gasteiger partial charge < -0.3 is 19.5 Å². The molecule has 4 heterocycles. The average molecular weight is 597 g/mol. The van der Waals surface area contributed by atoms with Crippen molar-refractivity contribution in [3.8, 4) is 0 Å². The van der Waals surface area contributed by atoms with Gasteiger partial charge in [0.25, 0.3) is 0 Å². The lowest BCUT2D eigenvalue weighted by molar-refractivity contribution is -0.129. The van der Waals surface area contributed by atoms with Crippen LogP contribution in [0.1, 0.15) is 94.4 Å². The molecule has 1 aromatic carbocycles. The maximum atomic E-state index is 14.2. The van der Waals surface area contributed by atoms with Gasteiger partial charge in [-0.15, -0.1) is 10.2 Å². The number of carbonyl (C=O) groups excluding carboxylic acids is 2. The molecular formula is C32H42F2N6O3. The van der Waals surface area contributed by atoms with Crippen molar-refractivity contribution in [3.63, 3.8) is 0 Å². The number of aryl methyl sites for hydroxylation is 1. The molecule has 2 aliphatic heterocycles. The van der Waals surface area contributed by atoms with E-state index in [9.17, 15) is 18.4 Å². The molecule has 0 aliphatic carbocycles. The quantitative estimate of drug-likeness (QED) is 0.391. The highest BCUT2D eigenvalue weighted by Gasteiger charge is 2.32. The Balaban J connectivity index is 0.000000199. The number of aromatic nitrogens is 4. The molecule has 0 spiro atoms. The first-order chi connectivity index (χ1) is 20.6. The number of nitrogens with one attached hydrogen (secondary N) is 1. The molecule has 0 radical (unpaired) electrons. The molecule has 9 nitrogen and oxygen atoms in total. The van der Waals surface area contributed by atoms with Gasteiger partial charge in [-0.2, -0.15) is 0 Å². The second-order valence-electron chi connectivity index (χ2n) is 11.6. The van der Waals surface area contributed by atoms with Crippen molar-refractivity contribution in [2.45, 2.75) is 90.2 Å². The molecule has 2 aliphatic rings. The van der Waals surface area contributed by atoms with Crippen molar-refractivity contribution in [1.82, 2.24) is 24.6 Å². The summed E-state index contributed by atoms with van der Waals surface area (Å²) in [5.74, 6) is 1.08. The van der Waals surface area contributed by atoms with E-state index in [-0.39, 0.29) is 17.7 Å². The molecule has 3 aromatic rings. The average Bonchev–Trinajstić information content (AvgIpc) is 3.30. The van der Waals surface area contributed by atoms with Gasteiger partial charge in [0.2, 0.25) is 11.8 Å². The molecule has 0 bridgehead atoms. The van der Waals surface area contributed by atoms with Gasteiger partial charge in [0.1, 0.15) is 17.2 Å². The van der Waals surface area contributed by atoms with Crippen LogP contribution in [0.3, 0.4) is 0 Å². The lowest BCUT2D eigenvalue weighted by Gasteiger charge is -2.32. The number of ether oxygens (including phenoxy) is 1. The fraction of sp³-hybridized carbons (Fsp3) is 0.531. The lowest BCUT2D eigenvalue weighted by Crippen LogP contribution is -2.36. The SMILES string of the molecule is CCC(=O)Nc1ncccc1C1CCN(C(C)=O)CC1.COC(C)(C)c1nnc2n1CC(c1cccc(F)c1F)CCC2. The molecule has 2 amide bonds. The van der Waals surface area contributed by atoms with Gasteiger partial charge >= 0.3 is 0 Å². The zero-order chi connectivity index (χ0) is 31.1. The number of methoxy groups -OCH3 is 1. The summed E-state index contributed by atoms with van der Waals surface area (Å²) in [6.07, 6.45) is 6.40. The van der Waals surface area contributed by atoms with Gasteiger partial charge in [0, 0.05) is 58.6 Å². The van der Waals surface area contributed by atoms with E-state index in [1.165, 1.54) is 0 Å². The Morgan fingerprint density at radius 2 is 1.77 bits per heavy atom. The van der Waals surface area contributed by atoms with E-state index < -0.39 is 17.2 Å². The summed E-state index contributed by atoms with van der Waals surface area (Å²) in [6.45, 7) is 9.36. The molecule has 5 rings (SSSR count). The Bertz CT molecular complexity index is 1420. The standard InChI is InChI=1S/C17H21F2N3O.C15H21N3O2/c1-17(2,23-3)16-21-20-14-9-4-6-11(10-22(14)16)12-7-5-8-13(18)15(12)19;1-3-14(20)17-15-13(5-4-8-16-15)12-6-9-18(10-7-12)11(2)19/h5,7-8,11H,4,6,9-10H2,1-3H3;4-5,8,12H,3,6-7,9-10H2,1-2H3,(H,16,17,20). The largest absolute Gasteiger partial charge is 0.371 e. The van der Waals surface area contributed by atoms with Gasteiger partial charge in [-0.3, -0.25) is 9.59 Å². The van der Waals surface area contributed by atoms with Gasteiger partial charge in [-0.25, -0.2) is 13.8 Å². The second kappa shape index (κ2) is 14.2. The molecule has 1 N–H and O–H groups in total. The maximum Gasteiger partial charge on any atom is 0.225 e. The zero-order valence-corrected chi connectivity index (χ0v) is 25.7. The Labute approximate surface area is 252 Å². The molecule has 2 aromatic heterocycles. The molecule has 1 unspecified atom stereocenters. The number of amides is 2. The van der Waals surface area contributed by atoms with Crippen LogP contribution < -0.4 is 5.32 Å². The monoisotopic (exact) mass is 596 g/mol. The highest BCUT2D eigenvalue weighted by Crippen LogP contribution is 2.34. The number of benzene rings is 1. The molecule has 1 atom stereocenters. The van der Waals surface area contributed by atoms with E-state index in [1.807, 2.05) is 42.4 Å². The van der Waals surface area contributed by atoms with Crippen LogP contribution in [-0.4, -0.2) is 56.7 Å². The van der Waals surface area contributed by atoms with E-state index >= 15 is 0 Å². The van der Waals surface area contributed by atoms with Crippen molar-refractivity contribution in [1.29, 1.82) is 0 Å². The number of pyridine rings is 1. The van der Waals surface area contributed by atoms with Gasteiger partial charge in [0.15, 0.2) is 17.5 Å². The first-order valence-corrected chi connectivity index (χ1v) is 15.0. The number of carbonyl (C=O) groups is 2. The normalized spacial score (nSPS) is 17.4. The van der Waals surface area contributed by atoms with Crippen LogP contribution in [-0.2, 0) is 32.9 Å².